The minimum absolute atomic E-state index is 0.0654. The molecule has 2 bridgehead atoms. The lowest BCUT2D eigenvalue weighted by Crippen LogP contribution is -2.33. The van der Waals surface area contributed by atoms with E-state index in [1.807, 2.05) is 0 Å². The van der Waals surface area contributed by atoms with Crippen LogP contribution in [0, 0.1) is 5.92 Å². The van der Waals surface area contributed by atoms with Gasteiger partial charge in [0.15, 0.2) is 0 Å². The highest BCUT2D eigenvalue weighted by Crippen LogP contribution is 2.82. The van der Waals surface area contributed by atoms with Crippen LogP contribution in [0.5, 0.6) is 0 Å². The van der Waals surface area contributed by atoms with E-state index in [9.17, 15) is 0 Å². The normalized spacial score (nSPS) is 29.6. The quantitative estimate of drug-likeness (QED) is 0.214. The van der Waals surface area contributed by atoms with Gasteiger partial charge in [0.1, 0.15) is 14.3 Å². The zero-order valence-electron chi connectivity index (χ0n) is 29.9. The molecule has 0 radical (unpaired) electrons. The third-order valence-corrected chi connectivity index (χ3v) is 19.0. The van der Waals surface area contributed by atoms with Gasteiger partial charge in [-0.2, -0.15) is 0 Å². The van der Waals surface area contributed by atoms with E-state index in [0.29, 0.717) is 11.8 Å². The van der Waals surface area contributed by atoms with Gasteiger partial charge in [-0.15, -0.1) is 0 Å². The first-order valence-corrected chi connectivity index (χ1v) is 21.0. The van der Waals surface area contributed by atoms with Crippen LogP contribution in [-0.4, -0.2) is 17.0 Å². The van der Waals surface area contributed by atoms with E-state index in [0.717, 1.165) is 10.6 Å². The second kappa shape index (κ2) is 11.6. The van der Waals surface area contributed by atoms with E-state index < -0.39 is 14.3 Å². The Morgan fingerprint density at radius 2 is 0.932 bits per heavy atom. The highest BCUT2D eigenvalue weighted by molar-refractivity contribution is 7.80. The Morgan fingerprint density at radius 3 is 1.30 bits per heavy atom. The van der Waals surface area contributed by atoms with Crippen molar-refractivity contribution < 1.29 is 9.13 Å². The topological polar surface area (TPSA) is 34.1 Å². The van der Waals surface area contributed by atoms with Gasteiger partial charge in [0.2, 0.25) is 0 Å². The van der Waals surface area contributed by atoms with E-state index in [1.54, 1.807) is 0 Å². The summed E-state index contributed by atoms with van der Waals surface area (Å²) in [6, 6.07) is 9.41. The van der Waals surface area contributed by atoms with Crippen molar-refractivity contribution in [3.05, 3.63) is 80.7 Å². The summed E-state index contributed by atoms with van der Waals surface area (Å²) in [5.74, 6) is 4.10. The maximum atomic E-state index is 16.3. The van der Waals surface area contributed by atoms with E-state index in [-0.39, 0.29) is 46.6 Å². The monoisotopic (exact) mass is 632 g/mol. The first kappa shape index (κ1) is 33.7. The SMILES string of the molecule is CC1=CP(=O)(c2c(C(C)C)cc(C(C)C)cc2C(C)C)C2C1C1C(C)=CC2P1(=O)c1c(C(C)C)cc(C(C)C)cc1C(C)C. The largest absolute Gasteiger partial charge is 0.317 e. The average molecular weight is 633 g/mol. The Kier molecular flexibility index (Phi) is 8.87. The molecule has 44 heavy (non-hydrogen) atoms. The highest BCUT2D eigenvalue weighted by atomic mass is 31.2. The maximum Gasteiger partial charge on any atom is 0.141 e. The molecule has 0 amide bonds. The number of fused-ring (bicyclic) bond motifs is 5. The number of hydrogen-bond acceptors (Lipinski definition) is 2. The van der Waals surface area contributed by atoms with Crippen LogP contribution in [0.2, 0.25) is 0 Å². The molecule has 3 aliphatic rings. The van der Waals surface area contributed by atoms with Gasteiger partial charge in [0.05, 0.1) is 0 Å². The average Bonchev–Trinajstić information content (AvgIpc) is 3.46. The van der Waals surface area contributed by atoms with E-state index in [2.05, 4.69) is 133 Å². The second-order valence-corrected chi connectivity index (χ2v) is 21.9. The molecule has 2 aromatic rings. The fourth-order valence-electron chi connectivity index (χ4n) is 8.82. The molecular formula is C40H58O2P2. The van der Waals surface area contributed by atoms with Crippen LogP contribution >= 0.6 is 14.3 Å². The van der Waals surface area contributed by atoms with Gasteiger partial charge in [0.25, 0.3) is 0 Å². The molecule has 1 fully saturated rings. The fourth-order valence-corrected chi connectivity index (χ4v) is 19.5. The smallest absolute Gasteiger partial charge is 0.141 e. The van der Waals surface area contributed by atoms with Crippen LogP contribution in [0.4, 0.5) is 0 Å². The molecule has 2 aromatic carbocycles. The van der Waals surface area contributed by atoms with Crippen molar-refractivity contribution >= 4 is 24.9 Å². The highest BCUT2D eigenvalue weighted by Gasteiger charge is 2.69. The van der Waals surface area contributed by atoms with Crippen LogP contribution in [0.15, 0.2) is 47.3 Å². The van der Waals surface area contributed by atoms with E-state index in [4.69, 9.17) is 0 Å². The summed E-state index contributed by atoms with van der Waals surface area (Å²) in [5.41, 5.74) is 9.70. The molecule has 6 unspecified atom stereocenters. The first-order chi connectivity index (χ1) is 20.4. The molecule has 4 heteroatoms. The van der Waals surface area contributed by atoms with Crippen LogP contribution in [-0.2, 0) is 9.13 Å². The lowest BCUT2D eigenvalue weighted by Gasteiger charge is -2.33. The third-order valence-electron chi connectivity index (χ3n) is 11.1. The lowest BCUT2D eigenvalue weighted by molar-refractivity contribution is 0.551. The van der Waals surface area contributed by atoms with Crippen molar-refractivity contribution in [2.45, 2.75) is 149 Å². The molecule has 6 atom stereocenters. The van der Waals surface area contributed by atoms with E-state index in [1.165, 1.54) is 44.5 Å². The van der Waals surface area contributed by atoms with Gasteiger partial charge in [-0.25, -0.2) is 0 Å². The van der Waals surface area contributed by atoms with Gasteiger partial charge >= 0.3 is 0 Å². The number of rotatable bonds is 8. The summed E-state index contributed by atoms with van der Waals surface area (Å²) < 4.78 is 32.5. The maximum absolute atomic E-state index is 16.3. The standard InChI is InChI=1S/C40H58O2P2/c1-21(2)29-16-31(23(5)6)38(32(17-29)24(7)8)43(41)20-28(14)36-37-27(13)15-35(40(36)43)44(37,42)39-33(25(9)10)18-30(22(3)4)19-34(39)26(11)12/h15-26,35-37,40H,1-14H3. The van der Waals surface area contributed by atoms with Crippen molar-refractivity contribution in [1.82, 2.24) is 0 Å². The molecule has 2 nitrogen and oxygen atoms in total. The number of allylic oxidation sites excluding steroid dienone is 3. The molecule has 3 aliphatic heterocycles. The predicted molar refractivity (Wildman–Crippen MR) is 194 cm³/mol. The molecule has 0 N–H and O–H groups in total. The fraction of sp³-hybridized carbons (Fsp3) is 0.600. The summed E-state index contributed by atoms with van der Waals surface area (Å²) in [6.07, 6.45) is 2.32. The summed E-state index contributed by atoms with van der Waals surface area (Å²) in [5, 5.41) is 2.22. The van der Waals surface area contributed by atoms with Gasteiger partial charge in [-0.1, -0.05) is 125 Å². The minimum atomic E-state index is -3.07. The number of benzene rings is 2. The van der Waals surface area contributed by atoms with Crippen LogP contribution in [0.25, 0.3) is 0 Å². The Labute approximate surface area is 269 Å². The van der Waals surface area contributed by atoms with Crippen LogP contribution in [0.1, 0.15) is 166 Å². The Bertz CT molecular complexity index is 1570. The van der Waals surface area contributed by atoms with Crippen LogP contribution < -0.4 is 10.6 Å². The van der Waals surface area contributed by atoms with Gasteiger partial charge < -0.3 is 9.13 Å². The summed E-state index contributed by atoms with van der Waals surface area (Å²) in [4.78, 5) is 0. The Hall–Kier alpha value is -1.62. The first-order valence-electron chi connectivity index (χ1n) is 17.3. The zero-order valence-corrected chi connectivity index (χ0v) is 31.7. The lowest BCUT2D eigenvalue weighted by atomic mass is 9.85. The van der Waals surface area contributed by atoms with Gasteiger partial charge in [0, 0.05) is 33.5 Å². The molecular weight excluding hydrogens is 574 g/mol. The van der Waals surface area contributed by atoms with Crippen molar-refractivity contribution in [1.29, 1.82) is 0 Å². The van der Waals surface area contributed by atoms with E-state index >= 15 is 9.13 Å². The van der Waals surface area contributed by atoms with Crippen molar-refractivity contribution in [3.8, 4) is 0 Å². The molecule has 5 rings (SSSR count). The molecule has 0 aromatic heterocycles. The molecule has 0 aliphatic carbocycles. The Balaban J connectivity index is 1.82. The predicted octanol–water partition coefficient (Wildman–Crippen LogP) is 11.7. The van der Waals surface area contributed by atoms with Crippen molar-refractivity contribution in [2.24, 2.45) is 5.92 Å². The van der Waals surface area contributed by atoms with Crippen molar-refractivity contribution in [2.75, 3.05) is 0 Å². The number of hydrogen-bond donors (Lipinski definition) is 0. The summed E-state index contributed by atoms with van der Waals surface area (Å²) in [6.45, 7) is 31.4. The molecule has 3 heterocycles. The van der Waals surface area contributed by atoms with Crippen molar-refractivity contribution in [3.63, 3.8) is 0 Å². The summed E-state index contributed by atoms with van der Waals surface area (Å²) in [7, 11) is -6.07. The van der Waals surface area contributed by atoms with Crippen LogP contribution in [0.3, 0.4) is 0 Å². The Morgan fingerprint density at radius 1 is 0.545 bits per heavy atom. The van der Waals surface area contributed by atoms with Gasteiger partial charge in [-0.3, -0.25) is 0 Å². The second-order valence-electron chi connectivity index (χ2n) is 16.2. The molecule has 1 saturated heterocycles. The zero-order chi connectivity index (χ0) is 32.8. The molecule has 0 saturated carbocycles. The summed E-state index contributed by atoms with van der Waals surface area (Å²) >= 11 is 0. The van der Waals surface area contributed by atoms with Gasteiger partial charge in [-0.05, 0) is 88.6 Å². The third kappa shape index (κ3) is 4.87. The molecule has 240 valence electrons. The molecule has 0 spiro atoms. The minimum Gasteiger partial charge on any atom is -0.317 e.